The molecule has 3 N–H and O–H groups in total. The second-order valence-electron chi connectivity index (χ2n) is 11.6. The number of rotatable bonds is 12. The molecule has 2 nitrogen and oxygen atoms in total. The van der Waals surface area contributed by atoms with E-state index in [1.54, 1.807) is 6.20 Å². The van der Waals surface area contributed by atoms with Crippen LogP contribution in [-0.2, 0) is 0 Å². The van der Waals surface area contributed by atoms with Crippen molar-refractivity contribution in [1.82, 2.24) is 5.32 Å². The summed E-state index contributed by atoms with van der Waals surface area (Å²) < 4.78 is 0. The minimum Gasteiger partial charge on any atom is -0.405 e. The van der Waals surface area contributed by atoms with Crippen molar-refractivity contribution in [2.75, 3.05) is 0 Å². The molecule has 0 aromatic heterocycles. The first-order chi connectivity index (χ1) is 20.0. The molecule has 0 spiro atoms. The Kier molecular flexibility index (Phi) is 11.6. The second kappa shape index (κ2) is 15.6. The molecule has 4 rings (SSSR count). The largest absolute Gasteiger partial charge is 0.405 e. The number of nitrogens with two attached hydrogens (primary N) is 1. The maximum atomic E-state index is 5.78. The molecular weight excluding hydrogens is 496 g/mol. The first kappa shape index (κ1) is 30.6. The Morgan fingerprint density at radius 3 is 2.56 bits per heavy atom. The van der Waals surface area contributed by atoms with Crippen molar-refractivity contribution >= 4 is 17.2 Å². The summed E-state index contributed by atoms with van der Waals surface area (Å²) in [6, 6.07) is 18.9. The predicted molar refractivity (Wildman–Crippen MR) is 180 cm³/mol. The molecule has 0 radical (unpaired) electrons. The summed E-state index contributed by atoms with van der Waals surface area (Å²) in [4.78, 5) is 0. The average Bonchev–Trinajstić information content (AvgIpc) is 3.00. The van der Waals surface area contributed by atoms with E-state index < -0.39 is 0 Å². The van der Waals surface area contributed by atoms with Crippen LogP contribution in [0.1, 0.15) is 96.1 Å². The predicted octanol–water partition coefficient (Wildman–Crippen LogP) is 8.22. The van der Waals surface area contributed by atoms with E-state index >= 15 is 0 Å². The normalized spacial score (nSPS) is 19.7. The van der Waals surface area contributed by atoms with Crippen molar-refractivity contribution in [3.63, 3.8) is 0 Å². The van der Waals surface area contributed by atoms with Gasteiger partial charge < -0.3 is 11.1 Å². The number of unbranched alkanes of at least 4 members (excludes halogenated alkanes) is 1. The maximum Gasteiger partial charge on any atom is 0.0252 e. The van der Waals surface area contributed by atoms with Crippen molar-refractivity contribution in [1.29, 1.82) is 0 Å². The van der Waals surface area contributed by atoms with Crippen molar-refractivity contribution in [3.05, 3.63) is 124 Å². The molecule has 0 aliphatic heterocycles. The van der Waals surface area contributed by atoms with Crippen LogP contribution in [0.3, 0.4) is 0 Å². The second-order valence-corrected chi connectivity index (χ2v) is 11.6. The summed E-state index contributed by atoms with van der Waals surface area (Å²) in [7, 11) is 0. The molecule has 41 heavy (non-hydrogen) atoms. The van der Waals surface area contributed by atoms with Gasteiger partial charge in [0.2, 0.25) is 0 Å². The molecule has 0 saturated carbocycles. The summed E-state index contributed by atoms with van der Waals surface area (Å²) in [6.07, 6.45) is 26.8. The molecule has 0 saturated heterocycles. The van der Waals surface area contributed by atoms with Gasteiger partial charge in [-0.3, -0.25) is 0 Å². The van der Waals surface area contributed by atoms with Crippen molar-refractivity contribution in [3.8, 4) is 0 Å². The van der Waals surface area contributed by atoms with E-state index in [9.17, 15) is 0 Å². The third-order valence-electron chi connectivity index (χ3n) is 8.73. The molecule has 2 aliphatic carbocycles. The van der Waals surface area contributed by atoms with E-state index in [1.807, 2.05) is 6.08 Å². The molecule has 2 aromatic rings. The Hall–Kier alpha value is -3.36. The number of allylic oxidation sites excluding steroid dienone is 7. The van der Waals surface area contributed by atoms with Gasteiger partial charge in [-0.15, -0.1) is 0 Å². The highest BCUT2D eigenvalue weighted by Crippen LogP contribution is 2.30. The lowest BCUT2D eigenvalue weighted by Gasteiger charge is -2.30. The fourth-order valence-electron chi connectivity index (χ4n) is 6.45. The van der Waals surface area contributed by atoms with Crippen molar-refractivity contribution < 1.29 is 0 Å². The first-order valence-electron chi connectivity index (χ1n) is 15.8. The highest BCUT2D eigenvalue weighted by molar-refractivity contribution is 5.75. The molecule has 2 unspecified atom stereocenters. The van der Waals surface area contributed by atoms with Crippen LogP contribution >= 0.6 is 0 Å². The molecule has 0 heterocycles. The minimum atomic E-state index is 0.366. The molecule has 2 aromatic carbocycles. The third-order valence-corrected chi connectivity index (χ3v) is 8.73. The van der Waals surface area contributed by atoms with E-state index in [-0.39, 0.29) is 0 Å². The number of fused-ring (bicyclic) bond motifs is 1. The molecule has 2 aliphatic rings. The lowest BCUT2D eigenvalue weighted by molar-refractivity contribution is 0.406. The number of benzene rings is 2. The SMILES string of the molecule is C/C=C(\C=C/N)C1=c2ccccc2=C(/C(C)=C/CC(c2cccc(/C=C/CCC)c2)C(C)N[C@H]2C=CCCC2)CC1. The monoisotopic (exact) mass is 546 g/mol. The smallest absolute Gasteiger partial charge is 0.0252 e. The molecule has 0 fully saturated rings. The zero-order chi connectivity index (χ0) is 29.0. The van der Waals surface area contributed by atoms with E-state index in [0.717, 1.165) is 25.7 Å². The van der Waals surface area contributed by atoms with Crippen LogP contribution in [0.2, 0.25) is 0 Å². The molecule has 216 valence electrons. The van der Waals surface area contributed by atoms with Gasteiger partial charge in [0.15, 0.2) is 0 Å². The van der Waals surface area contributed by atoms with E-state index in [1.165, 1.54) is 69.5 Å². The lowest BCUT2D eigenvalue weighted by atomic mass is 9.84. The van der Waals surface area contributed by atoms with E-state index in [2.05, 4.69) is 118 Å². The van der Waals surface area contributed by atoms with Crippen LogP contribution in [0, 0.1) is 0 Å². The molecule has 3 atom stereocenters. The summed E-state index contributed by atoms with van der Waals surface area (Å²) >= 11 is 0. The highest BCUT2D eigenvalue weighted by Gasteiger charge is 2.22. The van der Waals surface area contributed by atoms with Gasteiger partial charge in [0.25, 0.3) is 0 Å². The van der Waals surface area contributed by atoms with Crippen molar-refractivity contribution in [2.24, 2.45) is 5.73 Å². The number of nitrogens with one attached hydrogen (secondary N) is 1. The fraction of sp³-hybridized carbons (Fsp3) is 0.385. The van der Waals surface area contributed by atoms with Gasteiger partial charge in [-0.05, 0) is 116 Å². The molecule has 0 amide bonds. The van der Waals surface area contributed by atoms with Gasteiger partial charge in [0.1, 0.15) is 0 Å². The van der Waals surface area contributed by atoms with Crippen LogP contribution < -0.4 is 21.5 Å². The van der Waals surface area contributed by atoms with Gasteiger partial charge in [-0.25, -0.2) is 0 Å². The maximum absolute atomic E-state index is 5.78. The van der Waals surface area contributed by atoms with Gasteiger partial charge in [-0.2, -0.15) is 0 Å². The van der Waals surface area contributed by atoms with Crippen LogP contribution in [0.4, 0.5) is 0 Å². The van der Waals surface area contributed by atoms with Gasteiger partial charge >= 0.3 is 0 Å². The fourth-order valence-corrected chi connectivity index (χ4v) is 6.45. The van der Waals surface area contributed by atoms with Gasteiger partial charge in [-0.1, -0.05) is 104 Å². The standard InChI is InChI=1S/C39H50N2/c1-5-7-9-15-31-16-14-17-33(28-31)36(30(4)41-34-18-10-8-11-19-34)23-22-29(3)35-24-25-37(32(6-2)26-27-40)39-21-13-12-20-38(35)39/h6,9-10,12-18,20-22,26-28,30,34,36,41H,5,7-8,11,19,23-25,40H2,1-4H3/b15-9+,27-26-,29-22+,32-6+/t30?,34-,36?/m0/s1. The van der Waals surface area contributed by atoms with Crippen LogP contribution in [0.5, 0.6) is 0 Å². The van der Waals surface area contributed by atoms with E-state index in [0.29, 0.717) is 18.0 Å². The molecule has 0 bridgehead atoms. The van der Waals surface area contributed by atoms with Crippen molar-refractivity contribution in [2.45, 2.75) is 97.1 Å². The van der Waals surface area contributed by atoms with Gasteiger partial charge in [0, 0.05) is 18.0 Å². The Morgan fingerprint density at radius 2 is 1.85 bits per heavy atom. The van der Waals surface area contributed by atoms with Crippen LogP contribution in [-0.4, -0.2) is 12.1 Å². The minimum absolute atomic E-state index is 0.366. The molecular formula is C39H50N2. The van der Waals surface area contributed by atoms with Crippen LogP contribution in [0.25, 0.3) is 17.2 Å². The summed E-state index contributed by atoms with van der Waals surface area (Å²) in [5.41, 5.74) is 14.0. The Balaban J connectivity index is 1.69. The Labute approximate surface area is 248 Å². The average molecular weight is 547 g/mol. The quantitative estimate of drug-likeness (QED) is 0.208. The topological polar surface area (TPSA) is 38.0 Å². The Morgan fingerprint density at radius 1 is 1.07 bits per heavy atom. The summed E-state index contributed by atoms with van der Waals surface area (Å²) in [5.74, 6) is 0.394. The van der Waals surface area contributed by atoms with Gasteiger partial charge in [0.05, 0.1) is 0 Å². The van der Waals surface area contributed by atoms with Crippen LogP contribution in [0.15, 0.2) is 102 Å². The highest BCUT2D eigenvalue weighted by atomic mass is 14.9. The van der Waals surface area contributed by atoms with E-state index in [4.69, 9.17) is 5.73 Å². The number of hydrogen-bond donors (Lipinski definition) is 2. The zero-order valence-corrected chi connectivity index (χ0v) is 25.7. The first-order valence-corrected chi connectivity index (χ1v) is 15.8. The number of hydrogen-bond acceptors (Lipinski definition) is 2. The zero-order valence-electron chi connectivity index (χ0n) is 25.7. The summed E-state index contributed by atoms with van der Waals surface area (Å²) in [5, 5.41) is 6.69. The summed E-state index contributed by atoms with van der Waals surface area (Å²) in [6.45, 7) is 9.03. The third kappa shape index (κ3) is 8.11. The lowest BCUT2D eigenvalue weighted by Crippen LogP contribution is -2.39. The Bertz CT molecular complexity index is 1430. The molecule has 2 heteroatoms.